The van der Waals surface area contributed by atoms with E-state index in [1.54, 1.807) is 32.5 Å². The van der Waals surface area contributed by atoms with Crippen LogP contribution >= 0.6 is 0 Å². The lowest BCUT2D eigenvalue weighted by atomic mass is 10.2. The molecule has 104 valence electrons. The van der Waals surface area contributed by atoms with Gasteiger partial charge in [0, 0.05) is 19.8 Å². The van der Waals surface area contributed by atoms with Gasteiger partial charge in [-0.05, 0) is 31.2 Å². The van der Waals surface area contributed by atoms with Crippen molar-refractivity contribution in [3.05, 3.63) is 29.8 Å². The molecule has 0 aliphatic carbocycles. The van der Waals surface area contributed by atoms with E-state index in [1.807, 2.05) is 24.1 Å². The minimum Gasteiger partial charge on any atom is -0.462 e. The van der Waals surface area contributed by atoms with E-state index < -0.39 is 0 Å². The lowest BCUT2D eigenvalue weighted by molar-refractivity contribution is 0.0526. The fourth-order valence-corrected chi connectivity index (χ4v) is 1.44. The van der Waals surface area contributed by atoms with Crippen molar-refractivity contribution in [2.75, 3.05) is 38.8 Å². The number of nitrogens with zero attached hydrogens (tertiary/aromatic N) is 2. The first-order valence-electron chi connectivity index (χ1n) is 6.18. The molecule has 0 aromatic heterocycles. The van der Waals surface area contributed by atoms with Crippen molar-refractivity contribution in [2.45, 2.75) is 6.92 Å². The lowest BCUT2D eigenvalue weighted by Gasteiger charge is -2.13. The van der Waals surface area contributed by atoms with E-state index in [-0.39, 0.29) is 5.97 Å². The number of hydrogen-bond acceptors (Lipinski definition) is 4. The van der Waals surface area contributed by atoms with Gasteiger partial charge in [0.15, 0.2) is 0 Å². The first-order chi connectivity index (χ1) is 9.19. The van der Waals surface area contributed by atoms with Crippen LogP contribution in [0.3, 0.4) is 0 Å². The molecule has 0 amide bonds. The summed E-state index contributed by atoms with van der Waals surface area (Å²) in [5.74, 6) is -0.300. The fourth-order valence-electron chi connectivity index (χ4n) is 1.44. The summed E-state index contributed by atoms with van der Waals surface area (Å²) in [5.41, 5.74) is 1.50. The monoisotopic (exact) mass is 264 g/mol. The summed E-state index contributed by atoms with van der Waals surface area (Å²) in [5, 5.41) is 0. The number of hydrogen-bond donors (Lipinski definition) is 0. The molecule has 0 atom stereocenters. The Balaban J connectivity index is 2.60. The first-order valence-corrected chi connectivity index (χ1v) is 6.18. The van der Waals surface area contributed by atoms with Gasteiger partial charge in [0.05, 0.1) is 31.7 Å². The molecule has 1 aromatic rings. The van der Waals surface area contributed by atoms with Crippen molar-refractivity contribution in [1.82, 2.24) is 0 Å². The van der Waals surface area contributed by atoms with Crippen LogP contribution < -0.4 is 4.90 Å². The van der Waals surface area contributed by atoms with Crippen LogP contribution in [0.15, 0.2) is 29.3 Å². The molecule has 5 nitrogen and oxygen atoms in total. The van der Waals surface area contributed by atoms with Crippen molar-refractivity contribution >= 4 is 18.0 Å². The maximum Gasteiger partial charge on any atom is 0.338 e. The molecule has 0 saturated carbocycles. The summed E-state index contributed by atoms with van der Waals surface area (Å²) in [7, 11) is 3.54. The molecule has 5 heteroatoms. The summed E-state index contributed by atoms with van der Waals surface area (Å²) >= 11 is 0. The van der Waals surface area contributed by atoms with Gasteiger partial charge in [0.1, 0.15) is 0 Å². The highest BCUT2D eigenvalue weighted by molar-refractivity contribution is 5.90. The lowest BCUT2D eigenvalue weighted by Crippen LogP contribution is -2.15. The van der Waals surface area contributed by atoms with E-state index in [1.165, 1.54) is 0 Å². The van der Waals surface area contributed by atoms with Gasteiger partial charge in [-0.2, -0.15) is 0 Å². The van der Waals surface area contributed by atoms with Gasteiger partial charge in [-0.3, -0.25) is 4.99 Å². The molecule has 0 unspecified atom stereocenters. The second-order valence-corrected chi connectivity index (χ2v) is 3.89. The van der Waals surface area contributed by atoms with Gasteiger partial charge in [-0.15, -0.1) is 0 Å². The van der Waals surface area contributed by atoms with E-state index in [0.29, 0.717) is 25.3 Å². The van der Waals surface area contributed by atoms with Gasteiger partial charge in [-0.1, -0.05) is 0 Å². The number of methoxy groups -OCH3 is 1. The van der Waals surface area contributed by atoms with E-state index in [9.17, 15) is 4.79 Å². The average molecular weight is 264 g/mol. The van der Waals surface area contributed by atoms with Crippen LogP contribution in [0.1, 0.15) is 17.3 Å². The average Bonchev–Trinajstić information content (AvgIpc) is 2.44. The zero-order chi connectivity index (χ0) is 14.1. The normalized spacial score (nSPS) is 10.7. The van der Waals surface area contributed by atoms with Crippen molar-refractivity contribution in [2.24, 2.45) is 4.99 Å². The van der Waals surface area contributed by atoms with Gasteiger partial charge < -0.3 is 14.4 Å². The Hall–Kier alpha value is -1.88. The Morgan fingerprint density at radius 1 is 1.37 bits per heavy atom. The summed E-state index contributed by atoms with van der Waals surface area (Å²) in [6.07, 6.45) is 1.73. The maximum atomic E-state index is 11.5. The van der Waals surface area contributed by atoms with E-state index in [2.05, 4.69) is 4.99 Å². The molecule has 1 rings (SSSR count). The van der Waals surface area contributed by atoms with Crippen LogP contribution in [0.4, 0.5) is 5.69 Å². The van der Waals surface area contributed by atoms with E-state index in [0.717, 1.165) is 5.69 Å². The molecule has 0 radical (unpaired) electrons. The Bertz CT molecular complexity index is 415. The van der Waals surface area contributed by atoms with Crippen molar-refractivity contribution in [3.63, 3.8) is 0 Å². The molecule has 0 aliphatic heterocycles. The highest BCUT2D eigenvalue weighted by Gasteiger charge is 2.06. The third-order valence-electron chi connectivity index (χ3n) is 2.47. The topological polar surface area (TPSA) is 51.1 Å². The van der Waals surface area contributed by atoms with Gasteiger partial charge in [0.25, 0.3) is 0 Å². The molecule has 19 heavy (non-hydrogen) atoms. The quantitative estimate of drug-likeness (QED) is 0.327. The Morgan fingerprint density at radius 3 is 2.63 bits per heavy atom. The molecule has 0 N–H and O–H groups in total. The van der Waals surface area contributed by atoms with Crippen LogP contribution in [0, 0.1) is 0 Å². The van der Waals surface area contributed by atoms with Crippen molar-refractivity contribution < 1.29 is 14.3 Å². The van der Waals surface area contributed by atoms with Gasteiger partial charge in [-0.25, -0.2) is 4.79 Å². The molecule has 0 bridgehead atoms. The van der Waals surface area contributed by atoms with Crippen LogP contribution in [-0.2, 0) is 9.47 Å². The largest absolute Gasteiger partial charge is 0.462 e. The van der Waals surface area contributed by atoms with Crippen molar-refractivity contribution in [1.29, 1.82) is 0 Å². The van der Waals surface area contributed by atoms with Gasteiger partial charge in [0.2, 0.25) is 0 Å². The number of benzene rings is 1. The molecular weight excluding hydrogens is 244 g/mol. The summed E-state index contributed by atoms with van der Waals surface area (Å²) in [4.78, 5) is 17.6. The van der Waals surface area contributed by atoms with Crippen LogP contribution in [0.25, 0.3) is 0 Å². The minimum atomic E-state index is -0.300. The Kier molecular flexibility index (Phi) is 6.60. The molecular formula is C14H20N2O3. The number of carbonyl (C=O) groups excluding carboxylic acids is 1. The van der Waals surface area contributed by atoms with Crippen molar-refractivity contribution in [3.8, 4) is 0 Å². The SMILES string of the molecule is CCOC(=O)c1ccc(N(C)C=NCCOC)cc1. The smallest absolute Gasteiger partial charge is 0.338 e. The summed E-state index contributed by atoms with van der Waals surface area (Å²) in [6.45, 7) is 3.40. The number of ether oxygens (including phenoxy) is 2. The molecule has 0 heterocycles. The third kappa shape index (κ3) is 5.09. The zero-order valence-corrected chi connectivity index (χ0v) is 11.6. The number of carbonyl (C=O) groups is 1. The summed E-state index contributed by atoms with van der Waals surface area (Å²) < 4.78 is 9.84. The maximum absolute atomic E-state index is 11.5. The first kappa shape index (κ1) is 15.2. The minimum absolute atomic E-state index is 0.300. The highest BCUT2D eigenvalue weighted by atomic mass is 16.5. The molecule has 0 fully saturated rings. The predicted molar refractivity (Wildman–Crippen MR) is 76.0 cm³/mol. The second kappa shape index (κ2) is 8.26. The van der Waals surface area contributed by atoms with Crippen LogP contribution in [0.2, 0.25) is 0 Å². The molecule has 0 spiro atoms. The fraction of sp³-hybridized carbons (Fsp3) is 0.429. The molecule has 0 saturated heterocycles. The molecule has 0 aliphatic rings. The number of aliphatic imine (C=N–C) groups is 1. The summed E-state index contributed by atoms with van der Waals surface area (Å²) in [6, 6.07) is 7.20. The number of esters is 1. The molecule has 1 aromatic carbocycles. The van der Waals surface area contributed by atoms with E-state index in [4.69, 9.17) is 9.47 Å². The van der Waals surface area contributed by atoms with Gasteiger partial charge >= 0.3 is 5.97 Å². The Morgan fingerprint density at radius 2 is 2.05 bits per heavy atom. The zero-order valence-electron chi connectivity index (χ0n) is 11.6. The highest BCUT2D eigenvalue weighted by Crippen LogP contribution is 2.13. The number of rotatable bonds is 7. The number of anilines is 1. The predicted octanol–water partition coefficient (Wildman–Crippen LogP) is 1.97. The second-order valence-electron chi connectivity index (χ2n) is 3.89. The van der Waals surface area contributed by atoms with Crippen LogP contribution in [0.5, 0.6) is 0 Å². The Labute approximate surface area is 113 Å². The van der Waals surface area contributed by atoms with E-state index >= 15 is 0 Å². The van der Waals surface area contributed by atoms with Crippen LogP contribution in [-0.4, -0.2) is 46.2 Å². The third-order valence-corrected chi connectivity index (χ3v) is 2.47. The standard InChI is InChI=1S/C14H20N2O3/c1-4-19-14(17)12-5-7-13(8-6-12)16(2)11-15-9-10-18-3/h5-8,11H,4,9-10H2,1-3H3.